The number of aromatic nitrogens is 4. The molecule has 1 atom stereocenters. The minimum atomic E-state index is -2.83. The third kappa shape index (κ3) is 5.66. The Morgan fingerprint density at radius 1 is 1.29 bits per heavy atom. The van der Waals surface area contributed by atoms with Crippen molar-refractivity contribution in [1.82, 2.24) is 24.6 Å². The predicted molar refractivity (Wildman–Crippen MR) is 121 cm³/mol. The minimum Gasteiger partial charge on any atom is -0.492 e. The van der Waals surface area contributed by atoms with E-state index in [0.29, 0.717) is 48.9 Å². The van der Waals surface area contributed by atoms with E-state index in [2.05, 4.69) is 15.1 Å². The summed E-state index contributed by atoms with van der Waals surface area (Å²) in [6.45, 7) is -0.344. The molecule has 0 bridgehead atoms. The number of rotatable bonds is 9. The molecule has 0 aliphatic carbocycles. The summed E-state index contributed by atoms with van der Waals surface area (Å²) in [5.74, 6) is 0.523. The Labute approximate surface area is 199 Å². The summed E-state index contributed by atoms with van der Waals surface area (Å²) in [6, 6.07) is 8.46. The van der Waals surface area contributed by atoms with Crippen molar-refractivity contribution in [3.05, 3.63) is 52.8 Å². The van der Waals surface area contributed by atoms with Gasteiger partial charge in [-0.1, -0.05) is 29.8 Å². The van der Waals surface area contributed by atoms with Crippen molar-refractivity contribution in [1.29, 1.82) is 0 Å². The maximum atomic E-state index is 13.4. The van der Waals surface area contributed by atoms with Crippen LogP contribution in [0.5, 0.6) is 5.75 Å². The van der Waals surface area contributed by atoms with E-state index in [1.807, 2.05) is 29.2 Å². The monoisotopic (exact) mass is 492 g/mol. The second kappa shape index (κ2) is 10.9. The fraction of sp³-hybridized carbons (Fsp3) is 0.364. The molecule has 2 aromatic heterocycles. The van der Waals surface area contributed by atoms with Crippen LogP contribution in [0.2, 0.25) is 5.15 Å². The number of morpholine rings is 1. The summed E-state index contributed by atoms with van der Waals surface area (Å²) in [4.78, 5) is 21.2. The molecule has 1 fully saturated rings. The maximum Gasteiger partial charge on any atom is 0.333 e. The van der Waals surface area contributed by atoms with Crippen LogP contribution in [0, 0.1) is 0 Å². The smallest absolute Gasteiger partial charge is 0.333 e. The summed E-state index contributed by atoms with van der Waals surface area (Å²) < 4.78 is 38.7. The van der Waals surface area contributed by atoms with Crippen LogP contribution < -0.4 is 10.5 Å². The number of alkyl halides is 2. The van der Waals surface area contributed by atoms with Gasteiger partial charge in [-0.25, -0.2) is 14.6 Å². The van der Waals surface area contributed by atoms with E-state index in [1.54, 1.807) is 0 Å². The number of carbonyl (C=O) groups excluding carboxylic acids is 1. The Kier molecular flexibility index (Phi) is 7.66. The second-order valence-corrected chi connectivity index (χ2v) is 8.03. The first-order valence-corrected chi connectivity index (χ1v) is 11.0. The van der Waals surface area contributed by atoms with Gasteiger partial charge in [-0.3, -0.25) is 4.90 Å². The van der Waals surface area contributed by atoms with Crippen molar-refractivity contribution < 1.29 is 23.0 Å². The largest absolute Gasteiger partial charge is 0.492 e. The number of halogens is 3. The second-order valence-electron chi connectivity index (χ2n) is 7.64. The molecule has 1 saturated heterocycles. The quantitative estimate of drug-likeness (QED) is 0.359. The Morgan fingerprint density at radius 2 is 2.12 bits per heavy atom. The van der Waals surface area contributed by atoms with Gasteiger partial charge in [-0.05, 0) is 11.6 Å². The van der Waals surface area contributed by atoms with Crippen molar-refractivity contribution in [3.63, 3.8) is 0 Å². The SMILES string of the molecule is Nc1nc(Cl)cc(-c2nn(C(F)F)cc2Cc2ccccc2OCCN2CCOCC2C=O)n1. The van der Waals surface area contributed by atoms with Crippen LogP contribution in [-0.4, -0.2) is 69.9 Å². The third-order valence-corrected chi connectivity index (χ3v) is 5.58. The molecule has 3 heterocycles. The number of para-hydroxylation sites is 1. The molecule has 1 aromatic carbocycles. The van der Waals surface area contributed by atoms with E-state index in [0.717, 1.165) is 11.8 Å². The Morgan fingerprint density at radius 3 is 2.88 bits per heavy atom. The fourth-order valence-electron chi connectivity index (χ4n) is 3.76. The van der Waals surface area contributed by atoms with Crippen LogP contribution in [0.25, 0.3) is 11.4 Å². The van der Waals surface area contributed by atoms with E-state index in [9.17, 15) is 13.6 Å². The van der Waals surface area contributed by atoms with Gasteiger partial charge in [0.25, 0.3) is 0 Å². The van der Waals surface area contributed by atoms with Gasteiger partial charge in [-0.15, -0.1) is 0 Å². The molecular weight excluding hydrogens is 470 g/mol. The van der Waals surface area contributed by atoms with Crippen LogP contribution in [0.15, 0.2) is 36.5 Å². The van der Waals surface area contributed by atoms with Crippen molar-refractivity contribution in [2.45, 2.75) is 19.0 Å². The average Bonchev–Trinajstić information content (AvgIpc) is 3.24. The Bertz CT molecular complexity index is 1130. The van der Waals surface area contributed by atoms with Gasteiger partial charge in [0.1, 0.15) is 29.5 Å². The Balaban J connectivity index is 1.54. The predicted octanol–water partition coefficient (Wildman–Crippen LogP) is 2.84. The molecule has 9 nitrogen and oxygen atoms in total. The van der Waals surface area contributed by atoms with Crippen LogP contribution in [0.3, 0.4) is 0 Å². The number of nitrogens with zero attached hydrogens (tertiary/aromatic N) is 5. The first-order valence-electron chi connectivity index (χ1n) is 10.6. The van der Waals surface area contributed by atoms with Crippen LogP contribution in [0.4, 0.5) is 14.7 Å². The van der Waals surface area contributed by atoms with Gasteiger partial charge in [0.15, 0.2) is 0 Å². The number of ether oxygens (including phenoxy) is 2. The van der Waals surface area contributed by atoms with Crippen molar-refractivity contribution >= 4 is 23.8 Å². The maximum absolute atomic E-state index is 13.4. The van der Waals surface area contributed by atoms with Crippen molar-refractivity contribution in [2.24, 2.45) is 0 Å². The molecule has 3 aromatic rings. The molecule has 1 aliphatic heterocycles. The Hall–Kier alpha value is -3.15. The number of nitrogen functional groups attached to an aromatic ring is 1. The summed E-state index contributed by atoms with van der Waals surface area (Å²) in [5, 5.41) is 4.08. The standard InChI is InChI=1S/C22H23ClF2N6O3/c23-19-10-17(27-22(26)28-19)20-15(11-31(29-20)21(24)25)9-14-3-1-2-4-18(14)34-8-6-30-5-7-33-13-16(30)12-32/h1-4,10-12,16,21H,5-9,13H2,(H2,26,27,28). The molecule has 0 saturated carbocycles. The lowest BCUT2D eigenvalue weighted by Crippen LogP contribution is -2.47. The zero-order chi connectivity index (χ0) is 24.1. The van der Waals surface area contributed by atoms with Crippen LogP contribution >= 0.6 is 11.6 Å². The number of carbonyl (C=O) groups is 1. The van der Waals surface area contributed by atoms with E-state index >= 15 is 0 Å². The summed E-state index contributed by atoms with van der Waals surface area (Å²) in [5.41, 5.74) is 7.44. The van der Waals surface area contributed by atoms with E-state index in [4.69, 9.17) is 26.8 Å². The third-order valence-electron chi connectivity index (χ3n) is 5.39. The molecule has 0 amide bonds. The van der Waals surface area contributed by atoms with Crippen LogP contribution in [-0.2, 0) is 16.0 Å². The zero-order valence-corrected chi connectivity index (χ0v) is 18.9. The molecule has 1 unspecified atom stereocenters. The first-order chi connectivity index (χ1) is 16.4. The molecular formula is C22H23ClF2N6O3. The molecule has 34 heavy (non-hydrogen) atoms. The number of anilines is 1. The fourth-order valence-corrected chi connectivity index (χ4v) is 3.95. The van der Waals surface area contributed by atoms with Gasteiger partial charge < -0.3 is 20.0 Å². The highest BCUT2D eigenvalue weighted by Crippen LogP contribution is 2.29. The number of aldehydes is 1. The minimum absolute atomic E-state index is 0.0829. The molecule has 1 aliphatic rings. The molecule has 2 N–H and O–H groups in total. The molecule has 12 heteroatoms. The van der Waals surface area contributed by atoms with E-state index < -0.39 is 6.55 Å². The first kappa shape index (κ1) is 24.0. The number of hydrogen-bond donors (Lipinski definition) is 1. The number of hydrogen-bond acceptors (Lipinski definition) is 8. The van der Waals surface area contributed by atoms with Crippen LogP contribution in [0.1, 0.15) is 17.7 Å². The molecule has 180 valence electrons. The molecule has 0 radical (unpaired) electrons. The lowest BCUT2D eigenvalue weighted by molar-refractivity contribution is -0.118. The number of benzene rings is 1. The highest BCUT2D eigenvalue weighted by molar-refractivity contribution is 6.29. The van der Waals surface area contributed by atoms with Gasteiger partial charge >= 0.3 is 6.55 Å². The summed E-state index contributed by atoms with van der Waals surface area (Å²) in [6.07, 6.45) is 2.40. The van der Waals surface area contributed by atoms with E-state index in [1.165, 1.54) is 12.3 Å². The molecule has 4 rings (SSSR count). The van der Waals surface area contributed by atoms with Gasteiger partial charge in [0.05, 0.1) is 24.9 Å². The molecule has 0 spiro atoms. The topological polar surface area (TPSA) is 108 Å². The summed E-state index contributed by atoms with van der Waals surface area (Å²) >= 11 is 5.98. The van der Waals surface area contributed by atoms with Crippen molar-refractivity contribution in [3.8, 4) is 17.1 Å². The van der Waals surface area contributed by atoms with Gasteiger partial charge in [0, 0.05) is 37.3 Å². The van der Waals surface area contributed by atoms with Crippen molar-refractivity contribution in [2.75, 3.05) is 38.6 Å². The van der Waals surface area contributed by atoms with Gasteiger partial charge in [-0.2, -0.15) is 13.9 Å². The number of nitrogens with two attached hydrogens (primary N) is 1. The van der Waals surface area contributed by atoms with E-state index in [-0.39, 0.29) is 35.0 Å². The average molecular weight is 493 g/mol. The summed E-state index contributed by atoms with van der Waals surface area (Å²) in [7, 11) is 0. The zero-order valence-electron chi connectivity index (χ0n) is 18.1. The van der Waals surface area contributed by atoms with Gasteiger partial charge in [0.2, 0.25) is 5.95 Å². The lowest BCUT2D eigenvalue weighted by Gasteiger charge is -2.31. The highest BCUT2D eigenvalue weighted by Gasteiger charge is 2.23. The normalized spacial score (nSPS) is 16.6. The highest BCUT2D eigenvalue weighted by atomic mass is 35.5. The lowest BCUT2D eigenvalue weighted by atomic mass is 10.0.